The fraction of sp³-hybridized carbons (Fsp3) is 0.406. The summed E-state index contributed by atoms with van der Waals surface area (Å²) in [6.07, 6.45) is 1.93. The van der Waals surface area contributed by atoms with Crippen molar-refractivity contribution >= 4 is 5.91 Å². The van der Waals surface area contributed by atoms with Crippen LogP contribution < -0.4 is 14.2 Å². The molecule has 3 aliphatic rings. The first-order chi connectivity index (χ1) is 19.0. The predicted molar refractivity (Wildman–Crippen MR) is 148 cm³/mol. The van der Waals surface area contributed by atoms with Gasteiger partial charge in [0.05, 0.1) is 58.6 Å². The van der Waals surface area contributed by atoms with Crippen LogP contribution in [-0.4, -0.2) is 63.3 Å². The Kier molecular flexibility index (Phi) is 6.95. The summed E-state index contributed by atoms with van der Waals surface area (Å²) >= 11 is 0. The van der Waals surface area contributed by atoms with E-state index in [1.54, 1.807) is 14.2 Å². The van der Waals surface area contributed by atoms with Crippen molar-refractivity contribution < 1.29 is 23.7 Å². The minimum atomic E-state index is -0.193. The number of carbonyl (C=O) groups is 1. The fourth-order valence-electron chi connectivity index (χ4n) is 6.58. The highest BCUT2D eigenvalue weighted by molar-refractivity contribution is 5.82. The normalized spacial score (nSPS) is 21.4. The smallest absolute Gasteiger partial charge is 0.227 e. The van der Waals surface area contributed by atoms with Crippen molar-refractivity contribution in [3.05, 3.63) is 88.0 Å². The quantitative estimate of drug-likeness (QED) is 0.450. The lowest BCUT2D eigenvalue weighted by atomic mass is 9.82. The number of ether oxygens (including phenoxy) is 4. The Hall–Kier alpha value is -3.55. The molecule has 3 aromatic rings. The van der Waals surface area contributed by atoms with Crippen LogP contribution in [0.1, 0.15) is 45.5 Å². The van der Waals surface area contributed by atoms with Crippen molar-refractivity contribution in [1.29, 1.82) is 0 Å². The number of nitrogens with zero attached hydrogens (tertiary/aromatic N) is 2. The van der Waals surface area contributed by atoms with Gasteiger partial charge in [0.25, 0.3) is 0 Å². The molecule has 0 saturated carbocycles. The average molecular weight is 529 g/mol. The third kappa shape index (κ3) is 4.64. The Balaban J connectivity index is 1.44. The molecule has 0 aliphatic carbocycles. The van der Waals surface area contributed by atoms with Gasteiger partial charge < -0.3 is 28.7 Å². The first-order valence-corrected chi connectivity index (χ1v) is 13.6. The molecule has 1 amide bonds. The Morgan fingerprint density at radius 3 is 2.46 bits per heavy atom. The van der Waals surface area contributed by atoms with Crippen molar-refractivity contribution in [2.45, 2.75) is 44.0 Å². The van der Waals surface area contributed by atoms with Gasteiger partial charge in [-0.15, -0.1) is 0 Å². The number of carbonyl (C=O) groups excluding carboxylic acids is 1. The molecule has 0 bridgehead atoms. The third-order valence-corrected chi connectivity index (χ3v) is 8.33. The van der Waals surface area contributed by atoms with Crippen LogP contribution in [0.15, 0.2) is 54.6 Å². The van der Waals surface area contributed by atoms with E-state index >= 15 is 0 Å². The van der Waals surface area contributed by atoms with E-state index in [0.717, 1.165) is 35.3 Å². The van der Waals surface area contributed by atoms with E-state index in [2.05, 4.69) is 54.2 Å². The average Bonchev–Trinajstić information content (AvgIpc) is 3.35. The molecule has 0 radical (unpaired) electrons. The van der Waals surface area contributed by atoms with Gasteiger partial charge in [0.1, 0.15) is 5.75 Å². The summed E-state index contributed by atoms with van der Waals surface area (Å²) in [7, 11) is 7.46. The molecule has 6 rings (SSSR count). The number of methoxy groups -OCH3 is 2. The molecule has 39 heavy (non-hydrogen) atoms. The van der Waals surface area contributed by atoms with Crippen LogP contribution in [0.3, 0.4) is 0 Å². The molecule has 0 N–H and O–H groups in total. The number of hydrogen-bond donors (Lipinski definition) is 0. The molecule has 0 aromatic heterocycles. The first kappa shape index (κ1) is 25.7. The van der Waals surface area contributed by atoms with E-state index in [1.807, 2.05) is 24.3 Å². The zero-order valence-corrected chi connectivity index (χ0v) is 23.1. The van der Waals surface area contributed by atoms with Crippen LogP contribution in [0, 0.1) is 0 Å². The van der Waals surface area contributed by atoms with Gasteiger partial charge >= 0.3 is 0 Å². The maximum atomic E-state index is 14.2. The maximum Gasteiger partial charge on any atom is 0.227 e. The van der Waals surface area contributed by atoms with Crippen LogP contribution in [0.2, 0.25) is 0 Å². The highest BCUT2D eigenvalue weighted by atomic mass is 16.5. The van der Waals surface area contributed by atoms with Gasteiger partial charge in [0, 0.05) is 6.42 Å². The number of benzene rings is 3. The molecular weight excluding hydrogens is 492 g/mol. The van der Waals surface area contributed by atoms with Crippen molar-refractivity contribution in [3.63, 3.8) is 0 Å². The highest BCUT2D eigenvalue weighted by Gasteiger charge is 2.46. The number of hydrogen-bond acceptors (Lipinski definition) is 6. The molecule has 3 aliphatic heterocycles. The summed E-state index contributed by atoms with van der Waals surface area (Å²) in [6, 6.07) is 18.4. The Bertz CT molecular complexity index is 1370. The van der Waals surface area contributed by atoms with Crippen LogP contribution >= 0.6 is 0 Å². The molecule has 0 fully saturated rings. The minimum absolute atomic E-state index is 0.0368. The molecular formula is C32H36N2O5. The third-order valence-electron chi connectivity index (χ3n) is 8.33. The second-order valence-corrected chi connectivity index (χ2v) is 10.8. The standard InChI is InChI=1S/C32H36N2O5/c1-33(2)32-25-17-30(37-4)29(36-3)15-23(25)16-31(35)34-26(32)13-22-14-28-21(10-11-39-28)12-24(22)27(34)19-38-18-20-8-6-5-7-9-20/h5-9,12,14-15,17,26-27,32H,10-11,13,16,18-19H2,1-4H3/t26?,27?,32-/m1/s1. The summed E-state index contributed by atoms with van der Waals surface area (Å²) in [5.74, 6) is 2.39. The van der Waals surface area contributed by atoms with Gasteiger partial charge in [-0.1, -0.05) is 30.3 Å². The molecule has 204 valence electrons. The Morgan fingerprint density at radius 1 is 0.949 bits per heavy atom. The maximum absolute atomic E-state index is 14.2. The number of fused-ring (bicyclic) bond motifs is 4. The molecule has 7 nitrogen and oxygen atoms in total. The topological polar surface area (TPSA) is 60.5 Å². The summed E-state index contributed by atoms with van der Waals surface area (Å²) in [4.78, 5) is 18.5. The second-order valence-electron chi connectivity index (χ2n) is 10.8. The monoisotopic (exact) mass is 528 g/mol. The van der Waals surface area contributed by atoms with Gasteiger partial charge in [-0.3, -0.25) is 4.79 Å². The summed E-state index contributed by atoms with van der Waals surface area (Å²) in [5.41, 5.74) is 6.81. The zero-order chi connectivity index (χ0) is 27.1. The number of amides is 1. The van der Waals surface area contributed by atoms with Crippen LogP contribution in [0.25, 0.3) is 0 Å². The zero-order valence-electron chi connectivity index (χ0n) is 23.1. The van der Waals surface area contributed by atoms with Gasteiger partial charge in [-0.05, 0) is 78.2 Å². The van der Waals surface area contributed by atoms with E-state index in [9.17, 15) is 4.79 Å². The van der Waals surface area contributed by atoms with E-state index in [1.165, 1.54) is 16.7 Å². The van der Waals surface area contributed by atoms with Crippen molar-refractivity contribution in [1.82, 2.24) is 9.80 Å². The van der Waals surface area contributed by atoms with Crippen molar-refractivity contribution in [2.75, 3.05) is 41.5 Å². The molecule has 2 unspecified atom stereocenters. The molecule has 0 saturated heterocycles. The van der Waals surface area contributed by atoms with Gasteiger partial charge in [0.15, 0.2) is 11.5 Å². The number of likely N-dealkylation sites (N-methyl/N-ethyl adjacent to an activating group) is 1. The van der Waals surface area contributed by atoms with E-state index in [-0.39, 0.29) is 24.0 Å². The van der Waals surface area contributed by atoms with Crippen LogP contribution in [-0.2, 0) is 35.4 Å². The lowest BCUT2D eigenvalue weighted by Crippen LogP contribution is -2.52. The molecule has 3 aromatic carbocycles. The van der Waals surface area contributed by atoms with E-state index in [4.69, 9.17) is 18.9 Å². The lowest BCUT2D eigenvalue weighted by molar-refractivity contribution is -0.139. The van der Waals surface area contributed by atoms with Gasteiger partial charge in [0.2, 0.25) is 5.91 Å². The molecule has 3 atom stereocenters. The van der Waals surface area contributed by atoms with E-state index < -0.39 is 0 Å². The fourth-order valence-corrected chi connectivity index (χ4v) is 6.58. The SMILES string of the molecule is COc1cc2c(cc1OC)[C@@H](N(C)C)C1Cc3cc4c(cc3C(COCc3ccccc3)N1C(=O)C2)CCO4. The van der Waals surface area contributed by atoms with Gasteiger partial charge in [-0.2, -0.15) is 0 Å². The highest BCUT2D eigenvalue weighted by Crippen LogP contribution is 2.47. The summed E-state index contributed by atoms with van der Waals surface area (Å²) in [6.45, 7) is 1.63. The van der Waals surface area contributed by atoms with Crippen molar-refractivity contribution in [2.24, 2.45) is 0 Å². The summed E-state index contributed by atoms with van der Waals surface area (Å²) in [5, 5.41) is 0. The van der Waals surface area contributed by atoms with Gasteiger partial charge in [-0.25, -0.2) is 0 Å². The second kappa shape index (κ2) is 10.5. The predicted octanol–water partition coefficient (Wildman–Crippen LogP) is 4.51. The summed E-state index contributed by atoms with van der Waals surface area (Å²) < 4.78 is 23.6. The molecule has 7 heteroatoms. The molecule has 0 spiro atoms. The molecule has 3 heterocycles. The minimum Gasteiger partial charge on any atom is -0.493 e. The van der Waals surface area contributed by atoms with Crippen molar-refractivity contribution in [3.8, 4) is 17.2 Å². The van der Waals surface area contributed by atoms with E-state index in [0.29, 0.717) is 37.7 Å². The van der Waals surface area contributed by atoms with Crippen LogP contribution in [0.4, 0.5) is 0 Å². The largest absolute Gasteiger partial charge is 0.493 e. The Labute approximate surface area is 230 Å². The number of rotatable bonds is 7. The van der Waals surface area contributed by atoms with Crippen LogP contribution in [0.5, 0.6) is 17.2 Å². The Morgan fingerprint density at radius 2 is 1.72 bits per heavy atom. The lowest BCUT2D eigenvalue weighted by Gasteiger charge is -2.47. The first-order valence-electron chi connectivity index (χ1n) is 13.6.